The van der Waals surface area contributed by atoms with E-state index in [-0.39, 0.29) is 11.9 Å². The minimum atomic E-state index is -0.226. The van der Waals surface area contributed by atoms with E-state index in [1.54, 1.807) is 12.1 Å². The summed E-state index contributed by atoms with van der Waals surface area (Å²) in [5, 5.41) is 8.41. The van der Waals surface area contributed by atoms with Crippen LogP contribution in [0.4, 0.5) is 4.39 Å². The van der Waals surface area contributed by atoms with Crippen LogP contribution in [0.1, 0.15) is 11.6 Å². The first kappa shape index (κ1) is 15.1. The standard InChI is InChI=1S/C16H16BrFN4/c1-21(2)16(11-4-3-5-13(18)8-11)10-22-15-9-12(17)6-7-14(15)19-20-22/h3-9,16H,10H2,1-2H3/t16-/m0/s1. The Morgan fingerprint density at radius 1 is 1.23 bits per heavy atom. The monoisotopic (exact) mass is 362 g/mol. The summed E-state index contributed by atoms with van der Waals surface area (Å²) in [4.78, 5) is 2.06. The molecule has 0 aliphatic carbocycles. The normalized spacial score (nSPS) is 13.0. The minimum absolute atomic E-state index is 0.0135. The Balaban J connectivity index is 1.98. The van der Waals surface area contributed by atoms with Crippen molar-refractivity contribution in [1.29, 1.82) is 0 Å². The first-order chi connectivity index (χ1) is 10.5. The van der Waals surface area contributed by atoms with Gasteiger partial charge >= 0.3 is 0 Å². The highest BCUT2D eigenvalue weighted by Gasteiger charge is 2.17. The highest BCUT2D eigenvalue weighted by Crippen LogP contribution is 2.24. The predicted octanol–water partition coefficient (Wildman–Crippen LogP) is 3.64. The maximum atomic E-state index is 13.5. The lowest BCUT2D eigenvalue weighted by molar-refractivity contribution is 0.261. The van der Waals surface area contributed by atoms with Gasteiger partial charge in [0.05, 0.1) is 18.1 Å². The topological polar surface area (TPSA) is 34.0 Å². The number of hydrogen-bond donors (Lipinski definition) is 0. The zero-order valence-electron chi connectivity index (χ0n) is 12.4. The molecule has 2 aromatic carbocycles. The van der Waals surface area contributed by atoms with Crippen molar-refractivity contribution in [2.45, 2.75) is 12.6 Å². The average molecular weight is 363 g/mol. The van der Waals surface area contributed by atoms with Gasteiger partial charge in [-0.3, -0.25) is 0 Å². The Labute approximate surface area is 136 Å². The summed E-state index contributed by atoms with van der Waals surface area (Å²) >= 11 is 3.47. The molecule has 0 N–H and O–H groups in total. The number of nitrogens with zero attached hydrogens (tertiary/aromatic N) is 4. The van der Waals surface area contributed by atoms with E-state index in [9.17, 15) is 4.39 Å². The summed E-state index contributed by atoms with van der Waals surface area (Å²) < 4.78 is 16.4. The summed E-state index contributed by atoms with van der Waals surface area (Å²) in [5.74, 6) is -0.226. The molecule has 6 heteroatoms. The van der Waals surface area contributed by atoms with Crippen molar-refractivity contribution in [2.75, 3.05) is 14.1 Å². The molecular formula is C16H16BrFN4. The number of fused-ring (bicyclic) bond motifs is 1. The molecule has 3 aromatic rings. The summed E-state index contributed by atoms with van der Waals surface area (Å²) in [5.41, 5.74) is 2.72. The molecule has 0 saturated heterocycles. The fourth-order valence-electron chi connectivity index (χ4n) is 2.52. The molecule has 1 heterocycles. The molecule has 0 aliphatic rings. The second-order valence-electron chi connectivity index (χ2n) is 5.44. The molecule has 114 valence electrons. The number of rotatable bonds is 4. The van der Waals surface area contributed by atoms with E-state index in [1.807, 2.05) is 43.0 Å². The molecule has 0 saturated carbocycles. The average Bonchev–Trinajstić information content (AvgIpc) is 2.86. The second-order valence-corrected chi connectivity index (χ2v) is 6.35. The van der Waals surface area contributed by atoms with Crippen LogP contribution in [-0.4, -0.2) is 34.0 Å². The summed E-state index contributed by atoms with van der Waals surface area (Å²) in [6.07, 6.45) is 0. The number of hydrogen-bond acceptors (Lipinski definition) is 3. The third kappa shape index (κ3) is 3.03. The minimum Gasteiger partial charge on any atom is -0.301 e. The molecule has 1 aromatic heterocycles. The number of benzene rings is 2. The predicted molar refractivity (Wildman–Crippen MR) is 88.1 cm³/mol. The van der Waals surface area contributed by atoms with E-state index < -0.39 is 0 Å². The second kappa shape index (κ2) is 6.14. The highest BCUT2D eigenvalue weighted by atomic mass is 79.9. The van der Waals surface area contributed by atoms with Gasteiger partial charge in [-0.05, 0) is 50.0 Å². The van der Waals surface area contributed by atoms with Crippen LogP contribution in [-0.2, 0) is 6.54 Å². The van der Waals surface area contributed by atoms with E-state index >= 15 is 0 Å². The highest BCUT2D eigenvalue weighted by molar-refractivity contribution is 9.10. The Hall–Kier alpha value is -1.79. The largest absolute Gasteiger partial charge is 0.301 e. The van der Waals surface area contributed by atoms with Crippen molar-refractivity contribution in [3.05, 3.63) is 58.3 Å². The van der Waals surface area contributed by atoms with Crippen molar-refractivity contribution >= 4 is 27.0 Å². The first-order valence-corrected chi connectivity index (χ1v) is 7.74. The third-order valence-corrected chi connectivity index (χ3v) is 4.17. The summed E-state index contributed by atoms with van der Waals surface area (Å²) in [6, 6.07) is 12.6. The van der Waals surface area contributed by atoms with Crippen LogP contribution in [0.3, 0.4) is 0 Å². The van der Waals surface area contributed by atoms with Crippen molar-refractivity contribution in [2.24, 2.45) is 0 Å². The Morgan fingerprint density at radius 3 is 2.77 bits per heavy atom. The van der Waals surface area contributed by atoms with Crippen LogP contribution in [0.15, 0.2) is 46.9 Å². The summed E-state index contributed by atoms with van der Waals surface area (Å²) in [6.45, 7) is 0.601. The van der Waals surface area contributed by atoms with Gasteiger partial charge in [-0.15, -0.1) is 5.10 Å². The molecule has 3 rings (SSSR count). The number of likely N-dealkylation sites (N-methyl/N-ethyl adjacent to an activating group) is 1. The van der Waals surface area contributed by atoms with Crippen LogP contribution >= 0.6 is 15.9 Å². The van der Waals surface area contributed by atoms with Gasteiger partial charge in [0.25, 0.3) is 0 Å². The molecule has 0 fully saturated rings. The summed E-state index contributed by atoms with van der Waals surface area (Å²) in [7, 11) is 3.95. The maximum Gasteiger partial charge on any atom is 0.123 e. The number of halogens is 2. The van der Waals surface area contributed by atoms with E-state index in [4.69, 9.17) is 0 Å². The van der Waals surface area contributed by atoms with Gasteiger partial charge < -0.3 is 4.90 Å². The zero-order valence-corrected chi connectivity index (χ0v) is 14.0. The SMILES string of the molecule is CN(C)[C@@H](Cn1nnc2ccc(Br)cc21)c1cccc(F)c1. The van der Waals surface area contributed by atoms with Gasteiger partial charge in [0.15, 0.2) is 0 Å². The Kier molecular flexibility index (Phi) is 4.22. The van der Waals surface area contributed by atoms with Gasteiger partial charge in [0.2, 0.25) is 0 Å². The molecular weight excluding hydrogens is 347 g/mol. The molecule has 1 atom stereocenters. The van der Waals surface area contributed by atoms with Crippen molar-refractivity contribution in [3.8, 4) is 0 Å². The van der Waals surface area contributed by atoms with Gasteiger partial charge in [0.1, 0.15) is 11.3 Å². The Bertz CT molecular complexity index is 800. The van der Waals surface area contributed by atoms with Crippen LogP contribution in [0.5, 0.6) is 0 Å². The molecule has 0 spiro atoms. The van der Waals surface area contributed by atoms with Crippen LogP contribution in [0, 0.1) is 5.82 Å². The van der Waals surface area contributed by atoms with Crippen molar-refractivity contribution < 1.29 is 4.39 Å². The lowest BCUT2D eigenvalue weighted by Crippen LogP contribution is -2.25. The fourth-order valence-corrected chi connectivity index (χ4v) is 2.87. The van der Waals surface area contributed by atoms with Gasteiger partial charge in [-0.1, -0.05) is 33.3 Å². The van der Waals surface area contributed by atoms with E-state index in [0.717, 1.165) is 21.1 Å². The van der Waals surface area contributed by atoms with Gasteiger partial charge in [-0.25, -0.2) is 9.07 Å². The number of aromatic nitrogens is 3. The molecule has 0 amide bonds. The Morgan fingerprint density at radius 2 is 2.05 bits per heavy atom. The van der Waals surface area contributed by atoms with E-state index in [0.29, 0.717) is 6.54 Å². The van der Waals surface area contributed by atoms with Crippen LogP contribution in [0.2, 0.25) is 0 Å². The first-order valence-electron chi connectivity index (χ1n) is 6.95. The van der Waals surface area contributed by atoms with Crippen LogP contribution in [0.25, 0.3) is 11.0 Å². The lowest BCUT2D eigenvalue weighted by atomic mass is 10.1. The zero-order chi connectivity index (χ0) is 15.7. The van der Waals surface area contributed by atoms with Gasteiger partial charge in [-0.2, -0.15) is 0 Å². The lowest BCUT2D eigenvalue weighted by Gasteiger charge is -2.24. The molecule has 4 nitrogen and oxygen atoms in total. The molecule has 22 heavy (non-hydrogen) atoms. The smallest absolute Gasteiger partial charge is 0.123 e. The molecule has 0 radical (unpaired) electrons. The fraction of sp³-hybridized carbons (Fsp3) is 0.250. The van der Waals surface area contributed by atoms with Crippen LogP contribution < -0.4 is 0 Å². The quantitative estimate of drug-likeness (QED) is 0.710. The van der Waals surface area contributed by atoms with Gasteiger partial charge in [0, 0.05) is 4.47 Å². The third-order valence-electron chi connectivity index (χ3n) is 3.68. The van der Waals surface area contributed by atoms with Crippen molar-refractivity contribution in [3.63, 3.8) is 0 Å². The maximum absolute atomic E-state index is 13.5. The van der Waals surface area contributed by atoms with E-state index in [2.05, 4.69) is 31.1 Å². The molecule has 0 aliphatic heterocycles. The van der Waals surface area contributed by atoms with Crippen molar-refractivity contribution in [1.82, 2.24) is 19.9 Å². The molecule has 0 bridgehead atoms. The molecule has 0 unspecified atom stereocenters. The van der Waals surface area contributed by atoms with E-state index in [1.165, 1.54) is 6.07 Å².